The molecule has 0 aromatic heterocycles. The summed E-state index contributed by atoms with van der Waals surface area (Å²) in [6.45, 7) is 0. The molecule has 0 radical (unpaired) electrons. The first-order valence-corrected chi connectivity index (χ1v) is 12.1. The number of hydrogen-bond acceptors (Lipinski definition) is 1. The minimum atomic E-state index is -2.26. The van der Waals surface area contributed by atoms with Gasteiger partial charge in [-0.1, -0.05) is 0 Å². The van der Waals surface area contributed by atoms with Gasteiger partial charge in [-0.25, -0.2) is 0 Å². The first-order valence-electron chi connectivity index (χ1n) is 3.77. The van der Waals surface area contributed by atoms with Gasteiger partial charge < -0.3 is 0 Å². The molecular weight excluding hydrogens is 243 g/mol. The van der Waals surface area contributed by atoms with E-state index >= 15 is 0 Å². The van der Waals surface area contributed by atoms with Crippen LogP contribution in [0.4, 0.5) is 0 Å². The fourth-order valence-corrected chi connectivity index (χ4v) is 4.47. The molecule has 1 aromatic carbocycles. The SMILES string of the molecule is C[O][Sn]([CH3])([CH3])[c]1ccccc1. The quantitative estimate of drug-likeness (QED) is 0.733. The summed E-state index contributed by atoms with van der Waals surface area (Å²) in [7, 11) is 1.82. The molecule has 0 aliphatic heterocycles. The molecule has 2 heteroatoms. The summed E-state index contributed by atoms with van der Waals surface area (Å²) in [5, 5.41) is 0. The zero-order valence-electron chi connectivity index (χ0n) is 7.29. The Balaban J connectivity index is 2.93. The molecule has 0 aliphatic carbocycles. The molecule has 0 saturated carbocycles. The standard InChI is InChI=1S/C6H5.CH3O.2CH3.Sn/c1-2-4-6-5-3-1;1-2;;;/h1-5H;1H3;2*1H3;/q;-1;;;+1. The van der Waals surface area contributed by atoms with E-state index in [-0.39, 0.29) is 0 Å². The van der Waals surface area contributed by atoms with Crippen molar-refractivity contribution in [2.24, 2.45) is 0 Å². The molecular formula is C9H14OSn. The molecule has 0 unspecified atom stereocenters. The molecule has 0 heterocycles. The Kier molecular flexibility index (Phi) is 2.96. The molecule has 1 aromatic rings. The second kappa shape index (κ2) is 3.59. The molecule has 1 nitrogen and oxygen atoms in total. The third-order valence-electron chi connectivity index (χ3n) is 1.98. The van der Waals surface area contributed by atoms with Crippen molar-refractivity contribution in [3.63, 3.8) is 0 Å². The Hall–Kier alpha value is -0.0213. The Morgan fingerprint density at radius 2 is 1.64 bits per heavy atom. The molecule has 11 heavy (non-hydrogen) atoms. The monoisotopic (exact) mass is 258 g/mol. The summed E-state index contributed by atoms with van der Waals surface area (Å²) in [5.74, 6) is 0. The number of benzene rings is 1. The third-order valence-corrected chi connectivity index (χ3v) is 9.81. The van der Waals surface area contributed by atoms with Gasteiger partial charge in [0.2, 0.25) is 0 Å². The summed E-state index contributed by atoms with van der Waals surface area (Å²) >= 11 is -2.26. The van der Waals surface area contributed by atoms with Gasteiger partial charge in [-0.15, -0.1) is 0 Å². The van der Waals surface area contributed by atoms with E-state index in [1.807, 2.05) is 13.2 Å². The molecule has 0 N–H and O–H groups in total. The van der Waals surface area contributed by atoms with Crippen LogP contribution in [-0.2, 0) is 3.07 Å². The second-order valence-electron chi connectivity index (χ2n) is 3.08. The van der Waals surface area contributed by atoms with Crippen LogP contribution >= 0.6 is 0 Å². The van der Waals surface area contributed by atoms with Crippen molar-refractivity contribution in [2.45, 2.75) is 9.88 Å². The van der Waals surface area contributed by atoms with E-state index in [1.54, 1.807) is 0 Å². The van der Waals surface area contributed by atoms with E-state index < -0.39 is 18.8 Å². The van der Waals surface area contributed by atoms with Crippen molar-refractivity contribution in [3.8, 4) is 0 Å². The van der Waals surface area contributed by atoms with E-state index in [4.69, 9.17) is 3.07 Å². The van der Waals surface area contributed by atoms with Gasteiger partial charge in [0.05, 0.1) is 0 Å². The predicted molar refractivity (Wildman–Crippen MR) is 50.6 cm³/mol. The van der Waals surface area contributed by atoms with Crippen molar-refractivity contribution < 1.29 is 3.07 Å². The van der Waals surface area contributed by atoms with Crippen molar-refractivity contribution in [2.75, 3.05) is 7.11 Å². The average Bonchev–Trinajstić information content (AvgIpc) is 2.06. The zero-order chi connectivity index (χ0) is 8.32. The van der Waals surface area contributed by atoms with Gasteiger partial charge in [-0.05, 0) is 0 Å². The molecule has 0 fully saturated rings. The van der Waals surface area contributed by atoms with Gasteiger partial charge >= 0.3 is 72.8 Å². The molecule has 1 rings (SSSR count). The molecule has 0 aliphatic rings. The van der Waals surface area contributed by atoms with Gasteiger partial charge in [-0.2, -0.15) is 0 Å². The fourth-order valence-electron chi connectivity index (χ4n) is 0.957. The van der Waals surface area contributed by atoms with Crippen molar-refractivity contribution >= 4 is 22.4 Å². The van der Waals surface area contributed by atoms with E-state index in [0.717, 1.165) is 0 Å². The maximum atomic E-state index is 5.53. The van der Waals surface area contributed by atoms with Crippen LogP contribution in [0, 0.1) is 0 Å². The van der Waals surface area contributed by atoms with Crippen LogP contribution in [-0.4, -0.2) is 25.9 Å². The molecule has 0 saturated heterocycles. The summed E-state index contributed by atoms with van der Waals surface area (Å²) in [6.07, 6.45) is 0. The van der Waals surface area contributed by atoms with Gasteiger partial charge in [0.1, 0.15) is 0 Å². The van der Waals surface area contributed by atoms with Crippen molar-refractivity contribution in [1.29, 1.82) is 0 Å². The van der Waals surface area contributed by atoms with Gasteiger partial charge in [-0.3, -0.25) is 0 Å². The zero-order valence-corrected chi connectivity index (χ0v) is 10.1. The summed E-state index contributed by atoms with van der Waals surface area (Å²) in [6, 6.07) is 10.5. The molecule has 60 valence electrons. The summed E-state index contributed by atoms with van der Waals surface area (Å²) < 4.78 is 6.95. The third kappa shape index (κ3) is 2.20. The molecule has 0 amide bonds. The van der Waals surface area contributed by atoms with E-state index in [1.165, 1.54) is 3.58 Å². The number of rotatable bonds is 2. The predicted octanol–water partition coefficient (Wildman–Crippen LogP) is 1.75. The number of hydrogen-bond donors (Lipinski definition) is 0. The molecule has 0 atom stereocenters. The normalized spacial score (nSPS) is 11.5. The van der Waals surface area contributed by atoms with Crippen LogP contribution < -0.4 is 3.58 Å². The molecule has 0 bridgehead atoms. The van der Waals surface area contributed by atoms with Gasteiger partial charge in [0.15, 0.2) is 0 Å². The van der Waals surface area contributed by atoms with Crippen LogP contribution in [0.3, 0.4) is 0 Å². The van der Waals surface area contributed by atoms with E-state index in [9.17, 15) is 0 Å². The van der Waals surface area contributed by atoms with E-state index in [0.29, 0.717) is 0 Å². The van der Waals surface area contributed by atoms with Crippen molar-refractivity contribution in [3.05, 3.63) is 30.3 Å². The Labute approximate surface area is 72.8 Å². The summed E-state index contributed by atoms with van der Waals surface area (Å²) in [4.78, 5) is 4.54. The Bertz CT molecular complexity index is 218. The van der Waals surface area contributed by atoms with Crippen LogP contribution in [0.25, 0.3) is 0 Å². The Morgan fingerprint density at radius 1 is 1.09 bits per heavy atom. The maximum absolute atomic E-state index is 5.53. The fraction of sp³-hybridized carbons (Fsp3) is 0.333. The van der Waals surface area contributed by atoms with E-state index in [2.05, 4.69) is 34.1 Å². The van der Waals surface area contributed by atoms with Crippen LogP contribution in [0.5, 0.6) is 0 Å². The van der Waals surface area contributed by atoms with Crippen LogP contribution in [0.2, 0.25) is 9.88 Å². The minimum absolute atomic E-state index is 1.42. The average molecular weight is 257 g/mol. The first-order chi connectivity index (χ1) is 5.17. The molecule has 0 spiro atoms. The second-order valence-corrected chi connectivity index (χ2v) is 14.5. The van der Waals surface area contributed by atoms with Gasteiger partial charge in [0.25, 0.3) is 0 Å². The van der Waals surface area contributed by atoms with Gasteiger partial charge in [0, 0.05) is 0 Å². The van der Waals surface area contributed by atoms with Crippen molar-refractivity contribution in [1.82, 2.24) is 0 Å². The Morgan fingerprint density at radius 3 is 2.09 bits per heavy atom. The topological polar surface area (TPSA) is 9.23 Å². The van der Waals surface area contributed by atoms with Crippen LogP contribution in [0.1, 0.15) is 0 Å². The van der Waals surface area contributed by atoms with Crippen LogP contribution in [0.15, 0.2) is 30.3 Å². The summed E-state index contributed by atoms with van der Waals surface area (Å²) in [5.41, 5.74) is 0. The first kappa shape index (κ1) is 9.07.